The Morgan fingerprint density at radius 3 is 2.50 bits per heavy atom. The Hall–Kier alpha value is -2.37. The first-order chi connectivity index (χ1) is 11.8. The normalized spacial score (nSPS) is 10.9. The van der Waals surface area contributed by atoms with Crippen molar-refractivity contribution in [2.75, 3.05) is 5.32 Å². The second-order valence-corrected chi connectivity index (χ2v) is 7.53. The fourth-order valence-corrected chi connectivity index (χ4v) is 4.26. The highest BCUT2D eigenvalue weighted by Gasteiger charge is 2.06. The molecule has 0 fully saturated rings. The first-order valence-electron chi connectivity index (χ1n) is 7.60. The summed E-state index contributed by atoms with van der Waals surface area (Å²) in [5, 5.41) is 4.21. The van der Waals surface area contributed by atoms with Gasteiger partial charge in [-0.05, 0) is 43.3 Å². The summed E-state index contributed by atoms with van der Waals surface area (Å²) in [4.78, 5) is 11.6. The molecule has 24 heavy (non-hydrogen) atoms. The number of anilines is 2. The smallest absolute Gasteiger partial charge is 0.189 e. The van der Waals surface area contributed by atoms with Gasteiger partial charge in [0.1, 0.15) is 5.82 Å². The summed E-state index contributed by atoms with van der Waals surface area (Å²) in [5.41, 5.74) is 2.00. The van der Waals surface area contributed by atoms with E-state index in [2.05, 4.69) is 57.7 Å². The van der Waals surface area contributed by atoms with Gasteiger partial charge in [0.25, 0.3) is 0 Å². The van der Waals surface area contributed by atoms with E-state index < -0.39 is 0 Å². The lowest BCUT2D eigenvalue weighted by Crippen LogP contribution is -1.95. The van der Waals surface area contributed by atoms with E-state index in [1.807, 2.05) is 31.2 Å². The third-order valence-electron chi connectivity index (χ3n) is 3.43. The highest BCUT2D eigenvalue weighted by Crippen LogP contribution is 2.31. The van der Waals surface area contributed by atoms with E-state index in [-0.39, 0.29) is 0 Å². The lowest BCUT2D eigenvalue weighted by atomic mass is 10.3. The highest BCUT2D eigenvalue weighted by atomic mass is 32.2. The lowest BCUT2D eigenvalue weighted by Gasteiger charge is -2.07. The molecule has 0 aliphatic rings. The van der Waals surface area contributed by atoms with Gasteiger partial charge in [0, 0.05) is 15.5 Å². The third-order valence-corrected chi connectivity index (χ3v) is 5.37. The van der Waals surface area contributed by atoms with Crippen LogP contribution in [0.15, 0.2) is 76.5 Å². The van der Waals surface area contributed by atoms with Gasteiger partial charge in [0.05, 0.1) is 10.2 Å². The SMILES string of the molecule is Cc1cc(Sc2ccccc2)cc(Nc2nc3ccccc3s2)n1. The topological polar surface area (TPSA) is 37.8 Å². The maximum absolute atomic E-state index is 4.61. The summed E-state index contributed by atoms with van der Waals surface area (Å²) >= 11 is 3.37. The molecule has 0 aliphatic heterocycles. The number of nitrogens with zero attached hydrogens (tertiary/aromatic N) is 2. The molecule has 0 radical (unpaired) electrons. The number of benzene rings is 2. The minimum atomic E-state index is 0.826. The molecule has 0 atom stereocenters. The van der Waals surface area contributed by atoms with Crippen LogP contribution < -0.4 is 5.32 Å². The molecular formula is C19H15N3S2. The van der Waals surface area contributed by atoms with E-state index in [9.17, 15) is 0 Å². The average Bonchev–Trinajstić information content (AvgIpc) is 2.97. The van der Waals surface area contributed by atoms with Crippen LogP contribution in [0.1, 0.15) is 5.69 Å². The standard InChI is InChI=1S/C19H15N3S2/c1-13-11-15(23-14-7-3-2-4-8-14)12-18(20-13)22-19-21-16-9-5-6-10-17(16)24-19/h2-12H,1H3,(H,20,21,22). The van der Waals surface area contributed by atoms with E-state index in [0.717, 1.165) is 27.1 Å². The Bertz CT molecular complexity index is 947. The van der Waals surface area contributed by atoms with Crippen molar-refractivity contribution in [3.05, 3.63) is 72.4 Å². The Morgan fingerprint density at radius 1 is 0.875 bits per heavy atom. The summed E-state index contributed by atoms with van der Waals surface area (Å²) in [6.07, 6.45) is 0. The molecule has 2 aromatic carbocycles. The van der Waals surface area contributed by atoms with Crippen molar-refractivity contribution in [3.63, 3.8) is 0 Å². The van der Waals surface area contributed by atoms with E-state index in [4.69, 9.17) is 0 Å². The number of rotatable bonds is 4. The molecule has 4 aromatic rings. The quantitative estimate of drug-likeness (QED) is 0.498. The minimum Gasteiger partial charge on any atom is -0.316 e. The van der Waals surface area contributed by atoms with Crippen molar-refractivity contribution < 1.29 is 0 Å². The molecule has 3 nitrogen and oxygen atoms in total. The Labute approximate surface area is 148 Å². The predicted molar refractivity (Wildman–Crippen MR) is 102 cm³/mol. The van der Waals surface area contributed by atoms with Crippen molar-refractivity contribution in [2.45, 2.75) is 16.7 Å². The molecule has 5 heteroatoms. The molecule has 0 unspecified atom stereocenters. The Balaban J connectivity index is 1.61. The zero-order valence-electron chi connectivity index (χ0n) is 13.1. The monoisotopic (exact) mass is 349 g/mol. The zero-order valence-corrected chi connectivity index (χ0v) is 14.7. The molecule has 4 rings (SSSR count). The number of thiazole rings is 1. The summed E-state index contributed by atoms with van der Waals surface area (Å²) in [5.74, 6) is 0.826. The molecule has 1 N–H and O–H groups in total. The first kappa shape index (κ1) is 15.2. The Kier molecular flexibility index (Phi) is 4.19. The van der Waals surface area contributed by atoms with Crippen LogP contribution in [-0.4, -0.2) is 9.97 Å². The van der Waals surface area contributed by atoms with E-state index in [1.54, 1.807) is 23.1 Å². The van der Waals surface area contributed by atoms with Crippen LogP contribution in [0.25, 0.3) is 10.2 Å². The fourth-order valence-electron chi connectivity index (χ4n) is 2.42. The lowest BCUT2D eigenvalue weighted by molar-refractivity contribution is 1.15. The van der Waals surface area contributed by atoms with Gasteiger partial charge in [0.15, 0.2) is 5.13 Å². The molecule has 0 saturated heterocycles. The number of hydrogen-bond donors (Lipinski definition) is 1. The zero-order chi connectivity index (χ0) is 16.4. The predicted octanol–water partition coefficient (Wildman–Crippen LogP) is 5.89. The number of aromatic nitrogens is 2. The maximum atomic E-state index is 4.61. The molecule has 0 spiro atoms. The molecule has 118 valence electrons. The molecule has 0 bridgehead atoms. The second-order valence-electron chi connectivity index (χ2n) is 5.36. The number of nitrogens with one attached hydrogen (secondary N) is 1. The average molecular weight is 349 g/mol. The van der Waals surface area contributed by atoms with Gasteiger partial charge in [-0.1, -0.05) is 53.4 Å². The van der Waals surface area contributed by atoms with Gasteiger partial charge < -0.3 is 5.32 Å². The van der Waals surface area contributed by atoms with Crippen LogP contribution in [0.3, 0.4) is 0 Å². The number of aryl methyl sites for hydroxylation is 1. The van der Waals surface area contributed by atoms with Gasteiger partial charge >= 0.3 is 0 Å². The van der Waals surface area contributed by atoms with Crippen molar-refractivity contribution in [2.24, 2.45) is 0 Å². The van der Waals surface area contributed by atoms with Crippen molar-refractivity contribution in [3.8, 4) is 0 Å². The van der Waals surface area contributed by atoms with Crippen LogP contribution >= 0.6 is 23.1 Å². The highest BCUT2D eigenvalue weighted by molar-refractivity contribution is 7.99. The van der Waals surface area contributed by atoms with Crippen LogP contribution in [0.4, 0.5) is 10.9 Å². The molecule has 0 saturated carbocycles. The number of pyridine rings is 1. The summed E-state index contributed by atoms with van der Waals surface area (Å²) in [6.45, 7) is 2.01. The molecule has 2 aromatic heterocycles. The van der Waals surface area contributed by atoms with Crippen molar-refractivity contribution in [1.82, 2.24) is 9.97 Å². The molecule has 0 amide bonds. The molecular weight excluding hydrogens is 334 g/mol. The van der Waals surface area contributed by atoms with Gasteiger partial charge in [-0.3, -0.25) is 0 Å². The van der Waals surface area contributed by atoms with E-state index in [1.165, 1.54) is 9.60 Å². The number of hydrogen-bond acceptors (Lipinski definition) is 5. The van der Waals surface area contributed by atoms with Crippen molar-refractivity contribution in [1.29, 1.82) is 0 Å². The number of para-hydroxylation sites is 1. The largest absolute Gasteiger partial charge is 0.316 e. The van der Waals surface area contributed by atoms with Crippen LogP contribution in [0, 0.1) is 6.92 Å². The van der Waals surface area contributed by atoms with Gasteiger partial charge in [-0.25, -0.2) is 9.97 Å². The van der Waals surface area contributed by atoms with Crippen LogP contribution in [-0.2, 0) is 0 Å². The first-order valence-corrected chi connectivity index (χ1v) is 9.24. The van der Waals surface area contributed by atoms with Crippen LogP contribution in [0.2, 0.25) is 0 Å². The third kappa shape index (κ3) is 3.42. The summed E-state index contributed by atoms with van der Waals surface area (Å²) in [7, 11) is 0. The minimum absolute atomic E-state index is 0.826. The van der Waals surface area contributed by atoms with Gasteiger partial charge in [-0.15, -0.1) is 0 Å². The molecule has 0 aliphatic carbocycles. The van der Waals surface area contributed by atoms with Gasteiger partial charge in [-0.2, -0.15) is 0 Å². The summed E-state index contributed by atoms with van der Waals surface area (Å²) < 4.78 is 1.17. The second kappa shape index (κ2) is 6.63. The Morgan fingerprint density at radius 2 is 1.67 bits per heavy atom. The molecule has 2 heterocycles. The summed E-state index contributed by atoms with van der Waals surface area (Å²) in [6, 6.07) is 22.7. The van der Waals surface area contributed by atoms with E-state index >= 15 is 0 Å². The fraction of sp³-hybridized carbons (Fsp3) is 0.0526. The van der Waals surface area contributed by atoms with Crippen LogP contribution in [0.5, 0.6) is 0 Å². The number of fused-ring (bicyclic) bond motifs is 1. The van der Waals surface area contributed by atoms with Gasteiger partial charge in [0.2, 0.25) is 0 Å². The van der Waals surface area contributed by atoms with Crippen molar-refractivity contribution >= 4 is 44.3 Å². The van der Waals surface area contributed by atoms with E-state index in [0.29, 0.717) is 0 Å². The maximum Gasteiger partial charge on any atom is 0.189 e.